The van der Waals surface area contributed by atoms with E-state index < -0.39 is 5.91 Å². The maximum atomic E-state index is 15.1. The predicted molar refractivity (Wildman–Crippen MR) is 201 cm³/mol. The van der Waals surface area contributed by atoms with Gasteiger partial charge in [-0.05, 0) is 58.7 Å². The molecule has 234 valence electrons. The van der Waals surface area contributed by atoms with Crippen LogP contribution in [-0.4, -0.2) is 16.4 Å². The van der Waals surface area contributed by atoms with Crippen LogP contribution in [-0.2, 0) is 0 Å². The summed E-state index contributed by atoms with van der Waals surface area (Å²) < 4.78 is 2.02. The maximum absolute atomic E-state index is 15.1. The zero-order valence-corrected chi connectivity index (χ0v) is 26.7. The molecule has 0 saturated carbocycles. The number of rotatable bonds is 5. The van der Waals surface area contributed by atoms with Crippen LogP contribution in [0.4, 0.5) is 11.4 Å². The Hall–Kier alpha value is -7.03. The minimum atomic E-state index is -0.394. The van der Waals surface area contributed by atoms with Gasteiger partial charge in [-0.15, -0.1) is 0 Å². The van der Waals surface area contributed by atoms with E-state index in [0.29, 0.717) is 28.2 Å². The van der Waals surface area contributed by atoms with Gasteiger partial charge in [0, 0.05) is 27.4 Å². The molecule has 0 bridgehead atoms. The molecule has 7 aromatic carbocycles. The van der Waals surface area contributed by atoms with Gasteiger partial charge in [-0.1, -0.05) is 127 Å². The molecule has 2 amide bonds. The second-order valence-corrected chi connectivity index (χ2v) is 12.3. The molecule has 0 unspecified atom stereocenters. The lowest BCUT2D eigenvalue weighted by molar-refractivity contribution is 0.0926. The Kier molecular flexibility index (Phi) is 6.75. The summed E-state index contributed by atoms with van der Waals surface area (Å²) in [4.78, 5) is 34.9. The number of anilines is 1. The van der Waals surface area contributed by atoms with E-state index in [4.69, 9.17) is 6.57 Å². The fraction of sp³-hybridized carbons (Fsp3) is 0. The maximum Gasteiger partial charge on any atom is 0.268 e. The highest BCUT2D eigenvalue weighted by Gasteiger charge is 2.41. The molecule has 0 atom stereocenters. The van der Waals surface area contributed by atoms with Gasteiger partial charge in [0.25, 0.3) is 11.8 Å². The van der Waals surface area contributed by atoms with Crippen LogP contribution in [0.3, 0.4) is 0 Å². The minimum Gasteiger partial charge on any atom is -0.310 e. The SMILES string of the molecule is [C-]#[N+]c1ccc2c3ccccc3n(-c3cccc4c3C(=O)N(c3c(-c5ccccc5)cc(-c5ccccc5)cc3-c3ccccc3)C4=O)c2c1. The number of amides is 2. The average molecular weight is 642 g/mol. The van der Waals surface area contributed by atoms with Crippen LogP contribution in [0.25, 0.3) is 65.7 Å². The first-order chi connectivity index (χ1) is 24.6. The lowest BCUT2D eigenvalue weighted by atomic mass is 9.90. The van der Waals surface area contributed by atoms with E-state index >= 15 is 4.79 Å². The van der Waals surface area contributed by atoms with Crippen LogP contribution < -0.4 is 4.90 Å². The van der Waals surface area contributed by atoms with Gasteiger partial charge in [-0.3, -0.25) is 9.59 Å². The van der Waals surface area contributed by atoms with Crippen LogP contribution in [0.15, 0.2) is 164 Å². The van der Waals surface area contributed by atoms with Gasteiger partial charge in [0.1, 0.15) is 0 Å². The summed E-state index contributed by atoms with van der Waals surface area (Å²) in [5, 5.41) is 1.97. The fourth-order valence-electron chi connectivity index (χ4n) is 7.29. The van der Waals surface area contributed by atoms with E-state index in [0.717, 1.165) is 55.2 Å². The molecule has 50 heavy (non-hydrogen) atoms. The lowest BCUT2D eigenvalue weighted by Crippen LogP contribution is -2.30. The number of carbonyl (C=O) groups is 2. The Morgan fingerprint density at radius 2 is 1.04 bits per heavy atom. The van der Waals surface area contributed by atoms with Crippen molar-refractivity contribution >= 4 is 45.0 Å². The summed E-state index contributed by atoms with van der Waals surface area (Å²) in [5.74, 6) is -0.772. The molecule has 9 rings (SSSR count). The number of benzene rings is 7. The van der Waals surface area contributed by atoms with Crippen molar-refractivity contribution in [1.29, 1.82) is 0 Å². The minimum absolute atomic E-state index is 0.332. The number of imide groups is 1. The smallest absolute Gasteiger partial charge is 0.268 e. The first-order valence-electron chi connectivity index (χ1n) is 16.4. The largest absolute Gasteiger partial charge is 0.310 e. The topological polar surface area (TPSA) is 46.7 Å². The van der Waals surface area contributed by atoms with Crippen LogP contribution >= 0.6 is 0 Å². The second kappa shape index (κ2) is 11.6. The Labute approximate surface area is 288 Å². The van der Waals surface area contributed by atoms with Crippen molar-refractivity contribution in [2.75, 3.05) is 4.90 Å². The Bertz CT molecular complexity index is 2630. The number of hydrogen-bond acceptors (Lipinski definition) is 2. The fourth-order valence-corrected chi connectivity index (χ4v) is 7.29. The highest BCUT2D eigenvalue weighted by Crippen LogP contribution is 2.47. The van der Waals surface area contributed by atoms with Crippen molar-refractivity contribution in [3.8, 4) is 39.1 Å². The molecular formula is C45H27N3O2. The van der Waals surface area contributed by atoms with Crippen molar-refractivity contribution in [3.05, 3.63) is 186 Å². The van der Waals surface area contributed by atoms with E-state index in [1.54, 1.807) is 6.07 Å². The number of nitrogens with zero attached hydrogens (tertiary/aromatic N) is 3. The Morgan fingerprint density at radius 3 is 1.68 bits per heavy atom. The third kappa shape index (κ3) is 4.47. The molecular weight excluding hydrogens is 615 g/mol. The standard InChI is InChI=1S/C45H27N3O2/c1-46-33-24-25-35-34-20-11-12-22-39(34)47(41(35)28-33)40-23-13-21-36-42(40)45(50)48(44(36)49)43-37(30-16-7-3-8-17-30)26-32(29-14-5-2-6-15-29)27-38(43)31-18-9-4-10-19-31/h2-28H. The molecule has 0 fully saturated rings. The highest BCUT2D eigenvalue weighted by atomic mass is 16.2. The molecule has 0 spiro atoms. The molecule has 5 heteroatoms. The molecule has 0 aliphatic carbocycles. The van der Waals surface area contributed by atoms with Gasteiger partial charge in [0.15, 0.2) is 5.69 Å². The summed E-state index contributed by atoms with van der Waals surface area (Å²) in [6, 6.07) is 53.2. The van der Waals surface area contributed by atoms with Crippen molar-refractivity contribution < 1.29 is 9.59 Å². The van der Waals surface area contributed by atoms with E-state index in [9.17, 15) is 4.79 Å². The average Bonchev–Trinajstić information content (AvgIpc) is 3.65. The number of fused-ring (bicyclic) bond motifs is 4. The van der Waals surface area contributed by atoms with Crippen LogP contribution in [0.2, 0.25) is 0 Å². The van der Waals surface area contributed by atoms with E-state index in [2.05, 4.69) is 29.1 Å². The van der Waals surface area contributed by atoms with Crippen molar-refractivity contribution in [2.45, 2.75) is 0 Å². The van der Waals surface area contributed by atoms with Crippen molar-refractivity contribution in [2.24, 2.45) is 0 Å². The predicted octanol–water partition coefficient (Wildman–Crippen LogP) is 11.1. The van der Waals surface area contributed by atoms with Gasteiger partial charge >= 0.3 is 0 Å². The number of hydrogen-bond donors (Lipinski definition) is 0. The third-order valence-corrected chi connectivity index (χ3v) is 9.53. The van der Waals surface area contributed by atoms with Gasteiger partial charge in [0.05, 0.1) is 34.6 Å². The van der Waals surface area contributed by atoms with Crippen LogP contribution in [0, 0.1) is 6.57 Å². The molecule has 1 aliphatic heterocycles. The van der Waals surface area contributed by atoms with Gasteiger partial charge in [-0.2, -0.15) is 0 Å². The summed E-state index contributed by atoms with van der Waals surface area (Å²) >= 11 is 0. The number of carbonyl (C=O) groups excluding carboxylic acids is 2. The molecule has 8 aromatic rings. The number of para-hydroxylation sites is 1. The monoisotopic (exact) mass is 641 g/mol. The van der Waals surface area contributed by atoms with Gasteiger partial charge in [-0.25, -0.2) is 9.74 Å². The third-order valence-electron chi connectivity index (χ3n) is 9.53. The summed E-state index contributed by atoms with van der Waals surface area (Å²) in [5.41, 5.74) is 9.34. The molecule has 2 heterocycles. The Balaban J connectivity index is 1.32. The first kappa shape index (κ1) is 29.1. The van der Waals surface area contributed by atoms with E-state index in [-0.39, 0.29) is 5.91 Å². The van der Waals surface area contributed by atoms with Crippen LogP contribution in [0.1, 0.15) is 20.7 Å². The van der Waals surface area contributed by atoms with E-state index in [1.807, 2.05) is 138 Å². The molecule has 1 aromatic heterocycles. The second-order valence-electron chi connectivity index (χ2n) is 12.3. The molecule has 5 nitrogen and oxygen atoms in total. The first-order valence-corrected chi connectivity index (χ1v) is 16.4. The summed E-state index contributed by atoms with van der Waals surface area (Å²) in [6.45, 7) is 7.69. The zero-order chi connectivity index (χ0) is 33.8. The quantitative estimate of drug-likeness (QED) is 0.139. The van der Waals surface area contributed by atoms with Gasteiger partial charge < -0.3 is 4.57 Å². The zero-order valence-electron chi connectivity index (χ0n) is 26.7. The molecule has 0 N–H and O–H groups in total. The highest BCUT2D eigenvalue weighted by molar-refractivity contribution is 6.37. The molecule has 0 saturated heterocycles. The van der Waals surface area contributed by atoms with Crippen molar-refractivity contribution in [3.63, 3.8) is 0 Å². The van der Waals surface area contributed by atoms with Crippen LogP contribution in [0.5, 0.6) is 0 Å². The number of aromatic nitrogens is 1. The van der Waals surface area contributed by atoms with E-state index in [1.165, 1.54) is 4.90 Å². The van der Waals surface area contributed by atoms with Gasteiger partial charge in [0.2, 0.25) is 0 Å². The summed E-state index contributed by atoms with van der Waals surface area (Å²) in [7, 11) is 0. The molecule has 1 aliphatic rings. The summed E-state index contributed by atoms with van der Waals surface area (Å²) in [6.07, 6.45) is 0. The molecule has 0 radical (unpaired) electrons. The van der Waals surface area contributed by atoms with Crippen molar-refractivity contribution in [1.82, 2.24) is 4.57 Å². The normalized spacial score (nSPS) is 12.4. The Morgan fingerprint density at radius 1 is 0.460 bits per heavy atom. The lowest BCUT2D eigenvalue weighted by Gasteiger charge is -2.24.